The molecule has 0 aliphatic carbocycles. The lowest BCUT2D eigenvalue weighted by molar-refractivity contribution is 1.25. The van der Waals surface area contributed by atoms with Gasteiger partial charge in [0.1, 0.15) is 0 Å². The van der Waals surface area contributed by atoms with Gasteiger partial charge in [-0.25, -0.2) is 0 Å². The highest BCUT2D eigenvalue weighted by atomic mass is 79.9. The van der Waals surface area contributed by atoms with E-state index >= 15 is 0 Å². The third-order valence-corrected chi connectivity index (χ3v) is 1.90. The summed E-state index contributed by atoms with van der Waals surface area (Å²) in [4.78, 5) is 0. The van der Waals surface area contributed by atoms with E-state index in [-0.39, 0.29) is 0 Å². The minimum atomic E-state index is 1.01. The van der Waals surface area contributed by atoms with E-state index in [0.717, 1.165) is 5.33 Å². The van der Waals surface area contributed by atoms with Gasteiger partial charge < -0.3 is 0 Å². The average Bonchev–Trinajstić information content (AvgIpc) is 1.65. The molecule has 0 bridgehead atoms. The van der Waals surface area contributed by atoms with Crippen molar-refractivity contribution in [2.45, 2.75) is 20.8 Å². The standard InChI is InChI=1S/C6H11Br/c1-5(2)6(3)4-7/h4H2,1-3H3. The van der Waals surface area contributed by atoms with Crippen LogP contribution in [0.15, 0.2) is 11.1 Å². The second-order valence-electron chi connectivity index (χ2n) is 1.91. The molecule has 0 aromatic carbocycles. The summed E-state index contributed by atoms with van der Waals surface area (Å²) in [7, 11) is 0. The van der Waals surface area contributed by atoms with Crippen LogP contribution in [0.4, 0.5) is 0 Å². The van der Waals surface area contributed by atoms with Crippen molar-refractivity contribution in [3.05, 3.63) is 11.1 Å². The summed E-state index contributed by atoms with van der Waals surface area (Å²) in [6.07, 6.45) is 0. The quantitative estimate of drug-likeness (QED) is 0.411. The Bertz CT molecular complexity index is 78.2. The Morgan fingerprint density at radius 3 is 1.71 bits per heavy atom. The van der Waals surface area contributed by atoms with E-state index in [1.807, 2.05) is 0 Å². The molecular formula is C6H11Br. The van der Waals surface area contributed by atoms with Gasteiger partial charge in [-0.1, -0.05) is 27.1 Å². The van der Waals surface area contributed by atoms with Crippen LogP contribution >= 0.6 is 15.9 Å². The van der Waals surface area contributed by atoms with Crippen molar-refractivity contribution in [1.82, 2.24) is 0 Å². The Hall–Kier alpha value is 0.220. The van der Waals surface area contributed by atoms with E-state index < -0.39 is 0 Å². The Labute approximate surface area is 53.7 Å². The molecule has 0 heterocycles. The Kier molecular flexibility index (Phi) is 3.35. The van der Waals surface area contributed by atoms with Gasteiger partial charge in [0.2, 0.25) is 0 Å². The molecule has 0 aromatic rings. The summed E-state index contributed by atoms with van der Waals surface area (Å²) in [6.45, 7) is 6.37. The highest BCUT2D eigenvalue weighted by molar-refractivity contribution is 9.09. The lowest BCUT2D eigenvalue weighted by atomic mass is 10.2. The maximum atomic E-state index is 3.36. The molecule has 0 N–H and O–H groups in total. The SMILES string of the molecule is CC(C)=C(C)CBr. The summed E-state index contributed by atoms with van der Waals surface area (Å²) in [5, 5.41) is 1.01. The normalized spacial score (nSPS) is 8.57. The zero-order valence-electron chi connectivity index (χ0n) is 5.09. The summed E-state index contributed by atoms with van der Waals surface area (Å²) in [5.74, 6) is 0. The number of allylic oxidation sites excluding steroid dienone is 2. The first kappa shape index (κ1) is 7.22. The van der Waals surface area contributed by atoms with Gasteiger partial charge in [-0.15, -0.1) is 0 Å². The second kappa shape index (κ2) is 3.25. The lowest BCUT2D eigenvalue weighted by Gasteiger charge is -1.93. The molecular weight excluding hydrogens is 152 g/mol. The van der Waals surface area contributed by atoms with Crippen LogP contribution in [-0.4, -0.2) is 5.33 Å². The number of rotatable bonds is 1. The van der Waals surface area contributed by atoms with Crippen LogP contribution < -0.4 is 0 Å². The molecule has 0 aliphatic heterocycles. The molecule has 0 radical (unpaired) electrons. The number of hydrogen-bond acceptors (Lipinski definition) is 0. The van der Waals surface area contributed by atoms with Crippen molar-refractivity contribution in [2.75, 3.05) is 5.33 Å². The fourth-order valence-corrected chi connectivity index (χ4v) is 0.694. The molecule has 0 nitrogen and oxygen atoms in total. The van der Waals surface area contributed by atoms with Crippen molar-refractivity contribution in [3.8, 4) is 0 Å². The van der Waals surface area contributed by atoms with Crippen LogP contribution in [-0.2, 0) is 0 Å². The molecule has 0 atom stereocenters. The van der Waals surface area contributed by atoms with Crippen LogP contribution in [0.1, 0.15) is 20.8 Å². The van der Waals surface area contributed by atoms with Crippen molar-refractivity contribution in [1.29, 1.82) is 0 Å². The number of alkyl halides is 1. The van der Waals surface area contributed by atoms with Crippen LogP contribution in [0.25, 0.3) is 0 Å². The van der Waals surface area contributed by atoms with E-state index in [4.69, 9.17) is 0 Å². The number of hydrogen-bond donors (Lipinski definition) is 0. The molecule has 0 fully saturated rings. The zero-order chi connectivity index (χ0) is 5.86. The van der Waals surface area contributed by atoms with Gasteiger partial charge in [-0.3, -0.25) is 0 Å². The van der Waals surface area contributed by atoms with Gasteiger partial charge in [0.15, 0.2) is 0 Å². The largest absolute Gasteiger partial charge is 0.0880 e. The average molecular weight is 163 g/mol. The van der Waals surface area contributed by atoms with Gasteiger partial charge >= 0.3 is 0 Å². The second-order valence-corrected chi connectivity index (χ2v) is 2.47. The first-order valence-electron chi connectivity index (χ1n) is 2.37. The molecule has 0 spiro atoms. The monoisotopic (exact) mass is 162 g/mol. The van der Waals surface area contributed by atoms with E-state index in [1.165, 1.54) is 11.1 Å². The van der Waals surface area contributed by atoms with Crippen LogP contribution in [0.2, 0.25) is 0 Å². The van der Waals surface area contributed by atoms with Gasteiger partial charge in [0.05, 0.1) is 0 Å². The van der Waals surface area contributed by atoms with E-state index in [0.29, 0.717) is 0 Å². The molecule has 0 saturated carbocycles. The van der Waals surface area contributed by atoms with Crippen molar-refractivity contribution >= 4 is 15.9 Å². The molecule has 0 unspecified atom stereocenters. The third kappa shape index (κ3) is 2.86. The fourth-order valence-electron chi connectivity index (χ4n) is 0.134. The van der Waals surface area contributed by atoms with E-state index in [9.17, 15) is 0 Å². The topological polar surface area (TPSA) is 0 Å². The molecule has 42 valence electrons. The maximum Gasteiger partial charge on any atom is 0.0241 e. The van der Waals surface area contributed by atoms with Crippen LogP contribution in [0.5, 0.6) is 0 Å². The molecule has 0 amide bonds. The van der Waals surface area contributed by atoms with Gasteiger partial charge in [-0.2, -0.15) is 0 Å². The van der Waals surface area contributed by atoms with Crippen molar-refractivity contribution in [2.24, 2.45) is 0 Å². The molecule has 0 saturated heterocycles. The molecule has 7 heavy (non-hydrogen) atoms. The maximum absolute atomic E-state index is 3.36. The summed E-state index contributed by atoms with van der Waals surface area (Å²) in [6, 6.07) is 0. The highest BCUT2D eigenvalue weighted by Crippen LogP contribution is 2.03. The minimum Gasteiger partial charge on any atom is -0.0880 e. The van der Waals surface area contributed by atoms with Gasteiger partial charge in [-0.05, 0) is 20.8 Å². The van der Waals surface area contributed by atoms with E-state index in [2.05, 4.69) is 36.7 Å². The van der Waals surface area contributed by atoms with Crippen molar-refractivity contribution in [3.63, 3.8) is 0 Å². The minimum absolute atomic E-state index is 1.01. The predicted molar refractivity (Wildman–Crippen MR) is 37.8 cm³/mol. The van der Waals surface area contributed by atoms with Crippen LogP contribution in [0.3, 0.4) is 0 Å². The highest BCUT2D eigenvalue weighted by Gasteiger charge is 1.84. The van der Waals surface area contributed by atoms with Crippen molar-refractivity contribution < 1.29 is 0 Å². The summed E-state index contributed by atoms with van der Waals surface area (Å²) in [5.41, 5.74) is 2.84. The molecule has 0 aromatic heterocycles. The molecule has 1 heteroatoms. The summed E-state index contributed by atoms with van der Waals surface area (Å²) < 4.78 is 0. The Morgan fingerprint density at radius 2 is 1.71 bits per heavy atom. The smallest absolute Gasteiger partial charge is 0.0241 e. The molecule has 0 rings (SSSR count). The van der Waals surface area contributed by atoms with Gasteiger partial charge in [0.25, 0.3) is 0 Å². The molecule has 0 aliphatic rings. The Balaban J connectivity index is 3.72. The number of halogens is 1. The summed E-state index contributed by atoms with van der Waals surface area (Å²) >= 11 is 3.36. The zero-order valence-corrected chi connectivity index (χ0v) is 6.67. The predicted octanol–water partition coefficient (Wildman–Crippen LogP) is 2.74. The Morgan fingerprint density at radius 1 is 1.29 bits per heavy atom. The van der Waals surface area contributed by atoms with E-state index in [1.54, 1.807) is 0 Å². The third-order valence-electron chi connectivity index (χ3n) is 1.05. The first-order chi connectivity index (χ1) is 3.18. The van der Waals surface area contributed by atoms with Gasteiger partial charge in [0, 0.05) is 5.33 Å². The lowest BCUT2D eigenvalue weighted by Crippen LogP contribution is -1.77. The van der Waals surface area contributed by atoms with Crippen LogP contribution in [0, 0.1) is 0 Å². The fraction of sp³-hybridized carbons (Fsp3) is 0.667. The first-order valence-corrected chi connectivity index (χ1v) is 3.49.